The second-order valence-electron chi connectivity index (χ2n) is 12.6. The van der Waals surface area contributed by atoms with Gasteiger partial charge in [0.05, 0.1) is 26.0 Å². The summed E-state index contributed by atoms with van der Waals surface area (Å²) >= 11 is 0. The van der Waals surface area contributed by atoms with Crippen molar-refractivity contribution in [3.05, 3.63) is 77.0 Å². The highest BCUT2D eigenvalue weighted by Gasteiger charge is 2.76. The molecule has 13 nitrogen and oxygen atoms in total. The first-order valence-corrected chi connectivity index (χ1v) is 16.1. The molecule has 0 unspecified atom stereocenters. The number of amides is 2. The molecule has 3 aliphatic heterocycles. The fourth-order valence-corrected chi connectivity index (χ4v) is 7.66. The second kappa shape index (κ2) is 13.0. The Morgan fingerprint density at radius 2 is 1.72 bits per heavy atom. The number of rotatable bonds is 12. The van der Waals surface area contributed by atoms with Gasteiger partial charge in [-0.2, -0.15) is 5.06 Å². The largest absolute Gasteiger partial charge is 0.499 e. The molecule has 7 rings (SSSR count). The molecule has 4 N–H and O–H groups in total. The standard InChI is InChI=1S/C34H39N3O10/c38-13-12-35-26(40)9-11-36-32(42)34-19-25-27-28(46-33(45-27)17-23-3-1-2-4-24(23)18-33)30(34)47-37(29(34)31(41)44-25)20-22-7-5-21(6-8-22)10-15-43-16-14-39/h1-8,10,15,25,27-30,38-39H,9,11-14,16-20H2,(H,35,40)(H,36,42)/t25-,27+,28+,29+,30-,34+/m1/s1. The van der Waals surface area contributed by atoms with Crippen molar-refractivity contribution in [2.24, 2.45) is 5.41 Å². The average Bonchev–Trinajstić information content (AvgIpc) is 3.74. The monoisotopic (exact) mass is 649 g/mol. The summed E-state index contributed by atoms with van der Waals surface area (Å²) < 4.78 is 24.6. The average molecular weight is 650 g/mol. The Bertz CT molecular complexity index is 1510. The van der Waals surface area contributed by atoms with Crippen molar-refractivity contribution < 1.29 is 48.4 Å². The van der Waals surface area contributed by atoms with Crippen LogP contribution in [0.1, 0.15) is 35.1 Å². The van der Waals surface area contributed by atoms with E-state index in [2.05, 4.69) is 22.8 Å². The molecule has 1 spiro atoms. The third kappa shape index (κ3) is 5.81. The molecule has 5 aliphatic rings. The number of hydrogen-bond acceptors (Lipinski definition) is 11. The van der Waals surface area contributed by atoms with Crippen molar-refractivity contribution in [1.29, 1.82) is 0 Å². The number of aliphatic hydroxyl groups excluding tert-OH is 2. The Morgan fingerprint density at radius 1 is 0.979 bits per heavy atom. The van der Waals surface area contributed by atoms with E-state index in [4.69, 9.17) is 34.0 Å². The van der Waals surface area contributed by atoms with Crippen LogP contribution in [0.15, 0.2) is 54.8 Å². The summed E-state index contributed by atoms with van der Waals surface area (Å²) in [6, 6.07) is 14.6. The Hall–Kier alpha value is -3.85. The van der Waals surface area contributed by atoms with Gasteiger partial charge in [0.1, 0.15) is 36.4 Å². The molecule has 250 valence electrons. The van der Waals surface area contributed by atoms with Gasteiger partial charge in [0, 0.05) is 38.8 Å². The number of nitrogens with zero attached hydrogens (tertiary/aromatic N) is 1. The summed E-state index contributed by atoms with van der Waals surface area (Å²) in [5, 5.41) is 24.9. The number of hydroxylamine groups is 2. The van der Waals surface area contributed by atoms with E-state index in [1.54, 1.807) is 6.08 Å². The molecular weight excluding hydrogens is 610 g/mol. The van der Waals surface area contributed by atoms with Crippen LogP contribution in [0.3, 0.4) is 0 Å². The third-order valence-corrected chi connectivity index (χ3v) is 9.67. The van der Waals surface area contributed by atoms with Crippen LogP contribution in [-0.4, -0.2) is 102 Å². The number of nitrogens with one attached hydrogen (secondary N) is 2. The van der Waals surface area contributed by atoms with Gasteiger partial charge < -0.3 is 39.8 Å². The van der Waals surface area contributed by atoms with Gasteiger partial charge in [-0.05, 0) is 28.3 Å². The van der Waals surface area contributed by atoms with Crippen molar-refractivity contribution in [3.63, 3.8) is 0 Å². The minimum Gasteiger partial charge on any atom is -0.499 e. The third-order valence-electron chi connectivity index (χ3n) is 9.67. The summed E-state index contributed by atoms with van der Waals surface area (Å²) in [5.74, 6) is -2.25. The number of carbonyl (C=O) groups is 3. The van der Waals surface area contributed by atoms with Gasteiger partial charge >= 0.3 is 5.97 Å². The normalized spacial score (nSPS) is 29.8. The minimum atomic E-state index is -1.35. The number of hydrogen-bond donors (Lipinski definition) is 4. The zero-order chi connectivity index (χ0) is 32.6. The SMILES string of the molecule is O=C(CCNC(=O)[C@@]12C[C@H]3OC(=O)[C@@H]1N(Cc1ccc(C=COCCO)cc1)O[C@@H]2[C@H]1OC2(Cc4ccccc4C2)O[C@H]13)NCCO. The summed E-state index contributed by atoms with van der Waals surface area (Å²) in [7, 11) is 0. The van der Waals surface area contributed by atoms with Crippen LogP contribution in [-0.2, 0) is 57.6 Å². The van der Waals surface area contributed by atoms with Crippen molar-refractivity contribution in [2.75, 3.05) is 32.9 Å². The Kier molecular flexibility index (Phi) is 8.76. The lowest BCUT2D eigenvalue weighted by molar-refractivity contribution is -0.217. The molecule has 2 aliphatic carbocycles. The molecule has 3 heterocycles. The van der Waals surface area contributed by atoms with E-state index in [0.29, 0.717) is 12.8 Å². The van der Waals surface area contributed by atoms with Gasteiger partial charge in [0.2, 0.25) is 11.8 Å². The molecule has 2 aromatic carbocycles. The van der Waals surface area contributed by atoms with Gasteiger partial charge in [-0.3, -0.25) is 19.2 Å². The first-order chi connectivity index (χ1) is 22.9. The highest BCUT2D eigenvalue weighted by Crippen LogP contribution is 2.58. The van der Waals surface area contributed by atoms with Crippen LogP contribution < -0.4 is 10.6 Å². The van der Waals surface area contributed by atoms with Gasteiger partial charge in [-0.15, -0.1) is 0 Å². The first kappa shape index (κ1) is 31.7. The molecule has 6 atom stereocenters. The summed E-state index contributed by atoms with van der Waals surface area (Å²) in [6.45, 7) is 0.307. The lowest BCUT2D eigenvalue weighted by Crippen LogP contribution is -2.69. The zero-order valence-electron chi connectivity index (χ0n) is 25.8. The first-order valence-electron chi connectivity index (χ1n) is 16.1. The van der Waals surface area contributed by atoms with Gasteiger partial charge in [0.15, 0.2) is 11.8 Å². The number of fused-ring (bicyclic) bond motifs is 5. The van der Waals surface area contributed by atoms with E-state index in [1.165, 1.54) is 11.3 Å². The summed E-state index contributed by atoms with van der Waals surface area (Å²) in [5.41, 5.74) is 2.62. The fourth-order valence-electron chi connectivity index (χ4n) is 7.66. The van der Waals surface area contributed by atoms with Crippen molar-refractivity contribution in [1.82, 2.24) is 15.7 Å². The van der Waals surface area contributed by atoms with Crippen molar-refractivity contribution >= 4 is 23.9 Å². The number of esters is 1. The van der Waals surface area contributed by atoms with E-state index in [1.807, 2.05) is 36.4 Å². The lowest BCUT2D eigenvalue weighted by atomic mass is 9.62. The Balaban J connectivity index is 1.15. The predicted octanol–water partition coefficient (Wildman–Crippen LogP) is 0.360. The number of ether oxygens (including phenoxy) is 4. The molecule has 4 fully saturated rings. The highest BCUT2D eigenvalue weighted by molar-refractivity contribution is 5.94. The maximum atomic E-state index is 14.3. The molecule has 0 radical (unpaired) electrons. The van der Waals surface area contributed by atoms with Crippen LogP contribution in [0.2, 0.25) is 0 Å². The van der Waals surface area contributed by atoms with Crippen LogP contribution in [0, 0.1) is 5.41 Å². The molecule has 13 heteroatoms. The quantitative estimate of drug-likeness (QED) is 0.143. The van der Waals surface area contributed by atoms with Crippen LogP contribution in [0.25, 0.3) is 6.08 Å². The van der Waals surface area contributed by atoms with E-state index in [0.717, 1.165) is 22.3 Å². The molecule has 47 heavy (non-hydrogen) atoms. The lowest BCUT2D eigenvalue weighted by Gasteiger charge is -2.48. The summed E-state index contributed by atoms with van der Waals surface area (Å²) in [6.07, 6.45) is 1.67. The maximum Gasteiger partial charge on any atom is 0.327 e. The van der Waals surface area contributed by atoms with E-state index in [9.17, 15) is 14.4 Å². The smallest absolute Gasteiger partial charge is 0.327 e. The van der Waals surface area contributed by atoms with Crippen molar-refractivity contribution in [2.45, 2.75) is 68.5 Å². The Morgan fingerprint density at radius 3 is 2.45 bits per heavy atom. The molecular formula is C34H39N3O10. The number of benzene rings is 2. The van der Waals surface area contributed by atoms with E-state index >= 15 is 0 Å². The zero-order valence-corrected chi connectivity index (χ0v) is 25.8. The Labute approximate surface area is 271 Å². The molecule has 2 amide bonds. The second-order valence-corrected chi connectivity index (χ2v) is 12.6. The van der Waals surface area contributed by atoms with Crippen LogP contribution >= 0.6 is 0 Å². The van der Waals surface area contributed by atoms with Crippen LogP contribution in [0.4, 0.5) is 0 Å². The van der Waals surface area contributed by atoms with Crippen molar-refractivity contribution in [3.8, 4) is 0 Å². The van der Waals surface area contributed by atoms with Gasteiger partial charge in [-0.25, -0.2) is 0 Å². The molecule has 0 aromatic heterocycles. The van der Waals surface area contributed by atoms with Crippen LogP contribution in [0.5, 0.6) is 0 Å². The predicted molar refractivity (Wildman–Crippen MR) is 164 cm³/mol. The number of carbonyl (C=O) groups excluding carboxylic acids is 3. The van der Waals surface area contributed by atoms with E-state index in [-0.39, 0.29) is 58.2 Å². The van der Waals surface area contributed by atoms with Gasteiger partial charge in [0.25, 0.3) is 0 Å². The summed E-state index contributed by atoms with van der Waals surface area (Å²) in [4.78, 5) is 46.9. The molecule has 2 aromatic rings. The number of aliphatic hydroxyl groups is 2. The van der Waals surface area contributed by atoms with E-state index < -0.39 is 53.5 Å². The highest BCUT2D eigenvalue weighted by atomic mass is 16.8. The fraction of sp³-hybridized carbons (Fsp3) is 0.500. The topological polar surface area (TPSA) is 165 Å². The molecule has 2 bridgehead atoms. The maximum absolute atomic E-state index is 14.3. The molecule has 1 saturated carbocycles. The minimum absolute atomic E-state index is 0.00840. The molecule has 3 saturated heterocycles. The van der Waals surface area contributed by atoms with Gasteiger partial charge in [-0.1, -0.05) is 48.5 Å².